The highest BCUT2D eigenvalue weighted by Crippen LogP contribution is 2.08. The molecule has 1 fully saturated rings. The van der Waals surface area contributed by atoms with Crippen molar-refractivity contribution >= 4 is 5.91 Å². The molecule has 1 heterocycles. The van der Waals surface area contributed by atoms with Crippen molar-refractivity contribution in [3.8, 4) is 0 Å². The summed E-state index contributed by atoms with van der Waals surface area (Å²) in [5.41, 5.74) is 0. The second-order valence-electron chi connectivity index (χ2n) is 4.25. The van der Waals surface area contributed by atoms with Crippen LogP contribution in [0.25, 0.3) is 0 Å². The maximum absolute atomic E-state index is 11.5. The van der Waals surface area contributed by atoms with E-state index < -0.39 is 0 Å². The van der Waals surface area contributed by atoms with E-state index in [2.05, 4.69) is 17.3 Å². The third-order valence-corrected chi connectivity index (χ3v) is 2.56. The molecule has 0 aliphatic carbocycles. The van der Waals surface area contributed by atoms with Gasteiger partial charge < -0.3 is 9.80 Å². The van der Waals surface area contributed by atoms with E-state index in [0.717, 1.165) is 26.2 Å². The Labute approximate surface area is 86.2 Å². The monoisotopic (exact) mass is 198 g/mol. The van der Waals surface area contributed by atoms with Crippen LogP contribution < -0.4 is 5.32 Å². The standard InChI is InChI=1S/C10H20N3O/c1-12(2)10(14)6-9-7-11-4-5-13(3)8-9/h9H,4-8H2,1-3H3. The van der Waals surface area contributed by atoms with E-state index in [9.17, 15) is 4.79 Å². The summed E-state index contributed by atoms with van der Waals surface area (Å²) < 4.78 is 0. The van der Waals surface area contributed by atoms with Crippen molar-refractivity contribution in [3.05, 3.63) is 0 Å². The fourth-order valence-corrected chi connectivity index (χ4v) is 1.66. The molecule has 1 radical (unpaired) electrons. The van der Waals surface area contributed by atoms with Gasteiger partial charge >= 0.3 is 0 Å². The Bertz CT molecular complexity index is 194. The Kier molecular flexibility index (Phi) is 4.35. The fraction of sp³-hybridized carbons (Fsp3) is 0.900. The van der Waals surface area contributed by atoms with Crippen molar-refractivity contribution in [2.45, 2.75) is 6.42 Å². The predicted molar refractivity (Wildman–Crippen MR) is 56.2 cm³/mol. The Morgan fingerprint density at radius 3 is 2.93 bits per heavy atom. The largest absolute Gasteiger partial charge is 0.349 e. The third kappa shape index (κ3) is 3.64. The van der Waals surface area contributed by atoms with E-state index in [0.29, 0.717) is 12.3 Å². The van der Waals surface area contributed by atoms with Crippen LogP contribution in [-0.4, -0.2) is 63.0 Å². The van der Waals surface area contributed by atoms with Crippen LogP contribution in [0.15, 0.2) is 0 Å². The average molecular weight is 198 g/mol. The van der Waals surface area contributed by atoms with Gasteiger partial charge in [0, 0.05) is 46.7 Å². The molecule has 0 spiro atoms. The van der Waals surface area contributed by atoms with Gasteiger partial charge in [-0.05, 0) is 13.0 Å². The van der Waals surface area contributed by atoms with Gasteiger partial charge in [0.2, 0.25) is 5.91 Å². The lowest BCUT2D eigenvalue weighted by molar-refractivity contribution is -0.129. The molecule has 1 aliphatic rings. The number of likely N-dealkylation sites (N-methyl/N-ethyl adjacent to an activating group) is 1. The lowest BCUT2D eigenvalue weighted by atomic mass is 10.0. The molecule has 1 aliphatic heterocycles. The summed E-state index contributed by atoms with van der Waals surface area (Å²) in [6.45, 7) is 3.75. The van der Waals surface area contributed by atoms with Gasteiger partial charge in [-0.25, -0.2) is 5.32 Å². The van der Waals surface area contributed by atoms with Crippen LogP contribution in [0.3, 0.4) is 0 Å². The van der Waals surface area contributed by atoms with Crippen LogP contribution in [0.1, 0.15) is 6.42 Å². The number of nitrogens with zero attached hydrogens (tertiary/aromatic N) is 3. The first-order valence-corrected chi connectivity index (χ1v) is 5.11. The summed E-state index contributed by atoms with van der Waals surface area (Å²) in [4.78, 5) is 15.4. The molecule has 14 heavy (non-hydrogen) atoms. The molecule has 4 heteroatoms. The summed E-state index contributed by atoms with van der Waals surface area (Å²) in [6.07, 6.45) is 0.626. The number of hydrogen-bond acceptors (Lipinski definition) is 2. The van der Waals surface area contributed by atoms with E-state index in [1.165, 1.54) is 0 Å². The number of carbonyl (C=O) groups excluding carboxylic acids is 1. The summed E-state index contributed by atoms with van der Waals surface area (Å²) in [7, 11) is 5.70. The molecule has 4 nitrogen and oxygen atoms in total. The predicted octanol–water partition coefficient (Wildman–Crippen LogP) is -0.369. The minimum absolute atomic E-state index is 0.209. The molecule has 0 aromatic heterocycles. The second kappa shape index (κ2) is 5.32. The number of amides is 1. The fourth-order valence-electron chi connectivity index (χ4n) is 1.66. The van der Waals surface area contributed by atoms with Crippen LogP contribution in [-0.2, 0) is 4.79 Å². The zero-order chi connectivity index (χ0) is 10.6. The quantitative estimate of drug-likeness (QED) is 0.607. The SMILES string of the molecule is CN1CC[N]CC(CC(=O)N(C)C)C1. The Balaban J connectivity index is 2.38. The Morgan fingerprint density at radius 1 is 1.57 bits per heavy atom. The highest BCUT2D eigenvalue weighted by molar-refractivity contribution is 5.75. The van der Waals surface area contributed by atoms with Gasteiger partial charge in [-0.3, -0.25) is 4.79 Å². The van der Waals surface area contributed by atoms with Gasteiger partial charge in [0.25, 0.3) is 0 Å². The number of hydrogen-bond donors (Lipinski definition) is 0. The summed E-state index contributed by atoms with van der Waals surface area (Å²) in [5.74, 6) is 0.609. The maximum Gasteiger partial charge on any atom is 0.222 e. The van der Waals surface area contributed by atoms with Crippen LogP contribution in [0.2, 0.25) is 0 Å². The minimum Gasteiger partial charge on any atom is -0.349 e. The van der Waals surface area contributed by atoms with Crippen molar-refractivity contribution in [1.82, 2.24) is 15.1 Å². The van der Waals surface area contributed by atoms with Gasteiger partial charge in [0.1, 0.15) is 0 Å². The first-order valence-electron chi connectivity index (χ1n) is 5.11. The Morgan fingerprint density at radius 2 is 2.29 bits per heavy atom. The molecule has 0 bridgehead atoms. The molecule has 0 aromatic rings. The van der Waals surface area contributed by atoms with Crippen molar-refractivity contribution in [1.29, 1.82) is 0 Å². The van der Waals surface area contributed by atoms with E-state index in [1.54, 1.807) is 19.0 Å². The smallest absolute Gasteiger partial charge is 0.222 e. The zero-order valence-electron chi connectivity index (χ0n) is 9.36. The van der Waals surface area contributed by atoms with E-state index in [1.807, 2.05) is 0 Å². The van der Waals surface area contributed by atoms with Gasteiger partial charge in [0.05, 0.1) is 0 Å². The molecule has 1 amide bonds. The summed E-state index contributed by atoms with van der Waals surface area (Å²) in [5, 5.41) is 4.40. The molecule has 0 aromatic carbocycles. The van der Waals surface area contributed by atoms with Crippen LogP contribution >= 0.6 is 0 Å². The normalized spacial score (nSPS) is 24.4. The Hall–Kier alpha value is -0.610. The van der Waals surface area contributed by atoms with E-state index >= 15 is 0 Å². The average Bonchev–Trinajstić information content (AvgIpc) is 2.29. The van der Waals surface area contributed by atoms with Gasteiger partial charge in [-0.2, -0.15) is 0 Å². The van der Waals surface area contributed by atoms with Gasteiger partial charge in [-0.1, -0.05) is 0 Å². The molecule has 0 N–H and O–H groups in total. The van der Waals surface area contributed by atoms with Crippen molar-refractivity contribution in [2.24, 2.45) is 5.92 Å². The summed E-state index contributed by atoms with van der Waals surface area (Å²) in [6, 6.07) is 0. The molecule has 1 saturated heterocycles. The highest BCUT2D eigenvalue weighted by Gasteiger charge is 2.19. The van der Waals surface area contributed by atoms with Crippen molar-refractivity contribution in [2.75, 3.05) is 47.3 Å². The van der Waals surface area contributed by atoms with E-state index in [-0.39, 0.29) is 5.91 Å². The van der Waals surface area contributed by atoms with Crippen molar-refractivity contribution < 1.29 is 4.79 Å². The molecule has 81 valence electrons. The van der Waals surface area contributed by atoms with Gasteiger partial charge in [-0.15, -0.1) is 0 Å². The molecular weight excluding hydrogens is 178 g/mol. The zero-order valence-corrected chi connectivity index (χ0v) is 9.36. The molecule has 1 unspecified atom stereocenters. The van der Waals surface area contributed by atoms with Crippen LogP contribution in [0, 0.1) is 5.92 Å². The van der Waals surface area contributed by atoms with Crippen LogP contribution in [0.5, 0.6) is 0 Å². The molecule has 1 rings (SSSR count). The molecule has 1 atom stereocenters. The summed E-state index contributed by atoms with van der Waals surface area (Å²) >= 11 is 0. The third-order valence-electron chi connectivity index (χ3n) is 2.56. The first kappa shape index (κ1) is 11.5. The first-order chi connectivity index (χ1) is 6.59. The maximum atomic E-state index is 11.5. The topological polar surface area (TPSA) is 37.7 Å². The van der Waals surface area contributed by atoms with Crippen LogP contribution in [0.4, 0.5) is 0 Å². The van der Waals surface area contributed by atoms with E-state index in [4.69, 9.17) is 0 Å². The number of carbonyl (C=O) groups is 1. The lowest BCUT2D eigenvalue weighted by Crippen LogP contribution is -2.31. The minimum atomic E-state index is 0.209. The molecular formula is C10H20N3O. The lowest BCUT2D eigenvalue weighted by Gasteiger charge is -2.20. The highest BCUT2D eigenvalue weighted by atomic mass is 16.2. The van der Waals surface area contributed by atoms with Crippen molar-refractivity contribution in [3.63, 3.8) is 0 Å². The molecule has 0 saturated carbocycles. The van der Waals surface area contributed by atoms with Gasteiger partial charge in [0.15, 0.2) is 0 Å². The second-order valence-corrected chi connectivity index (χ2v) is 4.25. The number of rotatable bonds is 2.